The van der Waals surface area contributed by atoms with Crippen LogP contribution in [0.25, 0.3) is 0 Å². The largest absolute Gasteiger partial charge is 0.497 e. The van der Waals surface area contributed by atoms with Gasteiger partial charge in [-0.3, -0.25) is 0 Å². The average molecular weight is 278 g/mol. The molecule has 0 heterocycles. The van der Waals surface area contributed by atoms with Gasteiger partial charge in [-0.05, 0) is 19.3 Å². The molecule has 1 unspecified atom stereocenters. The molecule has 18 heavy (non-hydrogen) atoms. The lowest BCUT2D eigenvalue weighted by Gasteiger charge is -2.19. The Morgan fingerprint density at radius 1 is 0.944 bits per heavy atom. The molecular formula is C13H30O4Si. The topological polar surface area (TPSA) is 58.9 Å². The minimum atomic E-state index is -2.83. The number of aliphatic hydroxyl groups is 1. The van der Waals surface area contributed by atoms with Gasteiger partial charge in [-0.1, -0.05) is 39.0 Å². The van der Waals surface area contributed by atoms with Crippen molar-refractivity contribution in [3.05, 3.63) is 0 Å². The van der Waals surface area contributed by atoms with Crippen LogP contribution in [0.2, 0.25) is 6.04 Å². The van der Waals surface area contributed by atoms with E-state index in [9.17, 15) is 9.90 Å². The van der Waals surface area contributed by atoms with E-state index in [0.29, 0.717) is 6.04 Å². The molecule has 0 saturated heterocycles. The Labute approximate surface area is 113 Å². The molecule has 5 heteroatoms. The maximum atomic E-state index is 9.82. The molecule has 0 aliphatic rings. The average Bonchev–Trinajstić information content (AvgIpc) is 2.41. The molecule has 0 aromatic carbocycles. The minimum absolute atomic E-state index is 0.116. The first kappa shape index (κ1) is 18.1. The zero-order valence-corrected chi connectivity index (χ0v) is 13.2. The maximum Gasteiger partial charge on any atom is 0.497 e. The van der Waals surface area contributed by atoms with Gasteiger partial charge in [-0.15, -0.1) is 0 Å². The highest BCUT2D eigenvalue weighted by molar-refractivity contribution is 6.59. The van der Waals surface area contributed by atoms with Crippen molar-refractivity contribution < 1.29 is 18.8 Å². The third kappa shape index (κ3) is 9.05. The summed E-state index contributed by atoms with van der Waals surface area (Å²) in [6.07, 6.45) is 8.43. The van der Waals surface area contributed by atoms with E-state index in [4.69, 9.17) is 8.85 Å². The van der Waals surface area contributed by atoms with Crippen LogP contribution in [-0.2, 0) is 8.85 Å². The SMILES string of the molecule is CCC(O)CCCCCCCC[Si](O)(OC)OC. The quantitative estimate of drug-likeness (QED) is 0.426. The molecule has 0 fully saturated rings. The van der Waals surface area contributed by atoms with E-state index in [1.165, 1.54) is 33.5 Å². The molecule has 0 aliphatic carbocycles. The summed E-state index contributed by atoms with van der Waals surface area (Å²) in [7, 11) is 0.192. The molecule has 0 bridgehead atoms. The van der Waals surface area contributed by atoms with Gasteiger partial charge in [0.2, 0.25) is 0 Å². The van der Waals surface area contributed by atoms with Crippen LogP contribution in [0.1, 0.15) is 58.3 Å². The summed E-state index contributed by atoms with van der Waals surface area (Å²) in [5, 5.41) is 9.39. The molecule has 0 aromatic rings. The summed E-state index contributed by atoms with van der Waals surface area (Å²) in [5.41, 5.74) is 0. The second kappa shape index (κ2) is 10.9. The lowest BCUT2D eigenvalue weighted by molar-refractivity contribution is 0.150. The fourth-order valence-corrected chi connectivity index (χ4v) is 3.20. The monoisotopic (exact) mass is 278 g/mol. The van der Waals surface area contributed by atoms with Crippen molar-refractivity contribution in [2.75, 3.05) is 14.2 Å². The summed E-state index contributed by atoms with van der Waals surface area (Å²) >= 11 is 0. The van der Waals surface area contributed by atoms with E-state index in [1.54, 1.807) is 0 Å². The van der Waals surface area contributed by atoms with Crippen molar-refractivity contribution in [2.45, 2.75) is 70.4 Å². The molecule has 110 valence electrons. The molecule has 0 aromatic heterocycles. The smallest absolute Gasteiger partial charge is 0.393 e. The van der Waals surface area contributed by atoms with Gasteiger partial charge in [0.1, 0.15) is 0 Å². The van der Waals surface area contributed by atoms with Crippen LogP contribution in [0, 0.1) is 0 Å². The van der Waals surface area contributed by atoms with Crippen LogP contribution >= 0.6 is 0 Å². The molecule has 0 saturated carbocycles. The summed E-state index contributed by atoms with van der Waals surface area (Å²) in [4.78, 5) is 9.82. The lowest BCUT2D eigenvalue weighted by atomic mass is 10.1. The number of hydrogen-bond acceptors (Lipinski definition) is 4. The summed E-state index contributed by atoms with van der Waals surface area (Å²) in [6, 6.07) is 0.647. The van der Waals surface area contributed by atoms with Gasteiger partial charge in [0, 0.05) is 20.3 Å². The van der Waals surface area contributed by atoms with Crippen LogP contribution in [-0.4, -0.2) is 39.0 Å². The Hall–Kier alpha value is 0.0569. The molecule has 0 amide bonds. The van der Waals surface area contributed by atoms with Crippen molar-refractivity contribution >= 4 is 8.80 Å². The Balaban J connectivity index is 3.31. The van der Waals surface area contributed by atoms with Crippen LogP contribution in [0.4, 0.5) is 0 Å². The standard InChI is InChI=1S/C13H30O4Si/c1-4-13(14)11-9-7-5-6-8-10-12-18(15,16-2)17-3/h13-15H,4-12H2,1-3H3. The van der Waals surface area contributed by atoms with Gasteiger partial charge < -0.3 is 18.8 Å². The Bertz CT molecular complexity index is 186. The predicted octanol–water partition coefficient (Wildman–Crippen LogP) is 2.71. The van der Waals surface area contributed by atoms with Gasteiger partial charge in [-0.25, -0.2) is 0 Å². The van der Waals surface area contributed by atoms with Gasteiger partial charge in [0.25, 0.3) is 0 Å². The van der Waals surface area contributed by atoms with E-state index in [1.807, 2.05) is 6.92 Å². The molecule has 0 radical (unpaired) electrons. The van der Waals surface area contributed by atoms with E-state index in [0.717, 1.165) is 32.1 Å². The highest BCUT2D eigenvalue weighted by Gasteiger charge is 2.32. The van der Waals surface area contributed by atoms with Gasteiger partial charge in [0.05, 0.1) is 6.10 Å². The van der Waals surface area contributed by atoms with Crippen LogP contribution in [0.15, 0.2) is 0 Å². The highest BCUT2D eigenvalue weighted by atomic mass is 28.4. The first-order valence-corrected chi connectivity index (χ1v) is 9.05. The van der Waals surface area contributed by atoms with Crippen LogP contribution in [0.5, 0.6) is 0 Å². The third-order valence-corrected chi connectivity index (χ3v) is 5.65. The fourth-order valence-electron chi connectivity index (χ4n) is 1.93. The van der Waals surface area contributed by atoms with Crippen molar-refractivity contribution in [3.8, 4) is 0 Å². The van der Waals surface area contributed by atoms with E-state index >= 15 is 0 Å². The van der Waals surface area contributed by atoms with Crippen molar-refractivity contribution in [3.63, 3.8) is 0 Å². The van der Waals surface area contributed by atoms with Gasteiger partial charge in [0.15, 0.2) is 0 Å². The molecule has 0 rings (SSSR count). The summed E-state index contributed by atoms with van der Waals surface area (Å²) in [5.74, 6) is 0. The first-order chi connectivity index (χ1) is 8.58. The molecule has 0 aliphatic heterocycles. The molecule has 4 nitrogen and oxygen atoms in total. The zero-order valence-electron chi connectivity index (χ0n) is 12.2. The zero-order chi connectivity index (χ0) is 13.9. The summed E-state index contributed by atoms with van der Waals surface area (Å²) in [6.45, 7) is 2.02. The number of unbranched alkanes of at least 4 members (excludes halogenated alkanes) is 5. The Morgan fingerprint density at radius 3 is 1.94 bits per heavy atom. The molecule has 2 N–H and O–H groups in total. The van der Waals surface area contributed by atoms with Crippen LogP contribution in [0.3, 0.4) is 0 Å². The lowest BCUT2D eigenvalue weighted by Crippen LogP contribution is -2.39. The first-order valence-electron chi connectivity index (χ1n) is 7.08. The van der Waals surface area contributed by atoms with Crippen molar-refractivity contribution in [2.24, 2.45) is 0 Å². The van der Waals surface area contributed by atoms with E-state index < -0.39 is 8.80 Å². The van der Waals surface area contributed by atoms with E-state index in [2.05, 4.69) is 0 Å². The highest BCUT2D eigenvalue weighted by Crippen LogP contribution is 2.15. The molecule has 1 atom stereocenters. The fraction of sp³-hybridized carbons (Fsp3) is 1.00. The summed E-state index contributed by atoms with van der Waals surface area (Å²) < 4.78 is 10.0. The second-order valence-corrected chi connectivity index (χ2v) is 7.58. The molecule has 0 spiro atoms. The van der Waals surface area contributed by atoms with Crippen LogP contribution < -0.4 is 0 Å². The third-order valence-electron chi connectivity index (χ3n) is 3.39. The number of rotatable bonds is 12. The van der Waals surface area contributed by atoms with Crippen molar-refractivity contribution in [1.29, 1.82) is 0 Å². The predicted molar refractivity (Wildman–Crippen MR) is 75.4 cm³/mol. The second-order valence-electron chi connectivity index (χ2n) is 4.84. The number of aliphatic hydroxyl groups excluding tert-OH is 1. The van der Waals surface area contributed by atoms with Crippen molar-refractivity contribution in [1.82, 2.24) is 0 Å². The molecular weight excluding hydrogens is 248 g/mol. The van der Waals surface area contributed by atoms with Gasteiger partial charge in [-0.2, -0.15) is 0 Å². The van der Waals surface area contributed by atoms with Gasteiger partial charge >= 0.3 is 8.80 Å². The Kier molecular flexibility index (Phi) is 11.0. The Morgan fingerprint density at radius 2 is 1.44 bits per heavy atom. The van der Waals surface area contributed by atoms with E-state index in [-0.39, 0.29) is 6.10 Å². The maximum absolute atomic E-state index is 9.82. The minimum Gasteiger partial charge on any atom is -0.393 e. The normalized spacial score (nSPS) is 13.8. The number of hydrogen-bond donors (Lipinski definition) is 2.